The number of aromatic nitrogens is 4. The van der Waals surface area contributed by atoms with Gasteiger partial charge < -0.3 is 29.5 Å². The molecular formula is C52H77Cl2N9O6. The summed E-state index contributed by atoms with van der Waals surface area (Å²) in [4.78, 5) is 64.6. The molecule has 0 unspecified atom stereocenters. The Bertz CT molecular complexity index is 2270. The zero-order valence-corrected chi connectivity index (χ0v) is 44.3. The number of nitrogens with one attached hydrogen (secondary N) is 1. The number of benzene rings is 2. The monoisotopic (exact) mass is 994 g/mol. The molecule has 15 nitrogen and oxygen atoms in total. The highest BCUT2D eigenvalue weighted by molar-refractivity contribution is 6.64. The summed E-state index contributed by atoms with van der Waals surface area (Å²) in [6.07, 6.45) is 14.4. The number of rotatable bonds is 11. The van der Waals surface area contributed by atoms with Gasteiger partial charge in [0.05, 0.1) is 25.6 Å². The maximum atomic E-state index is 12.9. The molecule has 0 spiro atoms. The molecule has 0 atom stereocenters. The van der Waals surface area contributed by atoms with Gasteiger partial charge >= 0.3 is 12.1 Å². The molecule has 2 aromatic heterocycles. The van der Waals surface area contributed by atoms with Gasteiger partial charge in [-0.05, 0) is 172 Å². The fraction of sp³-hybridized carbons (Fsp3) is 0.577. The summed E-state index contributed by atoms with van der Waals surface area (Å²) >= 11 is 5.04. The van der Waals surface area contributed by atoms with Gasteiger partial charge in [-0.3, -0.25) is 23.6 Å². The number of piperidine rings is 2. The molecule has 3 amide bonds. The number of carbonyl (C=O) groups excluding carboxylic acids is 4. The van der Waals surface area contributed by atoms with E-state index in [2.05, 4.69) is 54.8 Å². The maximum absolute atomic E-state index is 12.9. The number of nitrogens with zero attached hydrogens (tertiary/aromatic N) is 8. The molecule has 17 heteroatoms. The van der Waals surface area contributed by atoms with Crippen LogP contribution in [0, 0.1) is 25.7 Å². The van der Waals surface area contributed by atoms with Crippen molar-refractivity contribution in [2.45, 2.75) is 124 Å². The minimum atomic E-state index is -0.157. The standard InChI is InChI=1S/C22H28N4O3.C18H24N4O2.C8H19N.C4H5ClO.ClH/c1-15-12-17(6-7-20(15)29-3)19-13-26(14-23-19)22(28)24(2)18-8-10-25(11-9-18)21(27)16-4-5-16;1-13-10-14(4-5-17(13)24-3)16-11-22(12-20-16)18(23)21(2)15-6-8-19-9-7-15;1-6-9(7(2)3)8(4)5;5-4(6)3-1-2-3;/h6-7,12-14,16,18H,4-5,8-11H2,1-3H3;4-5,10-12,15,19H,6-9H2,1-3H3;7-8H,6H2,1-5H3;3H,1-2H2;1H. The Morgan fingerprint density at radius 2 is 1.12 bits per heavy atom. The first kappa shape index (κ1) is 56.6. The highest BCUT2D eigenvalue weighted by Gasteiger charge is 2.36. The Labute approximate surface area is 421 Å². The van der Waals surface area contributed by atoms with E-state index in [0.29, 0.717) is 18.0 Å². The van der Waals surface area contributed by atoms with Crippen LogP contribution in [-0.2, 0) is 9.59 Å². The van der Waals surface area contributed by atoms with Gasteiger partial charge in [0, 0.05) is 86.7 Å². The molecule has 4 aromatic rings. The number of likely N-dealkylation sites (tertiary alicyclic amines) is 1. The van der Waals surface area contributed by atoms with E-state index in [-0.39, 0.29) is 53.6 Å². The molecule has 4 heterocycles. The summed E-state index contributed by atoms with van der Waals surface area (Å²) in [6.45, 7) is 19.7. The zero-order chi connectivity index (χ0) is 49.7. The van der Waals surface area contributed by atoms with Gasteiger partial charge in [0.15, 0.2) is 0 Å². The summed E-state index contributed by atoms with van der Waals surface area (Å²) in [5, 5.41) is 3.16. The van der Waals surface area contributed by atoms with Crippen molar-refractivity contribution in [1.82, 2.24) is 44.0 Å². The molecule has 0 radical (unpaired) electrons. The second-order valence-electron chi connectivity index (χ2n) is 18.9. The van der Waals surface area contributed by atoms with E-state index in [1.165, 1.54) is 4.57 Å². The molecule has 1 N–H and O–H groups in total. The number of aryl methyl sites for hydroxylation is 2. The molecule has 380 valence electrons. The van der Waals surface area contributed by atoms with E-state index < -0.39 is 0 Å². The lowest BCUT2D eigenvalue weighted by Crippen LogP contribution is -2.48. The van der Waals surface area contributed by atoms with E-state index in [9.17, 15) is 19.2 Å². The predicted molar refractivity (Wildman–Crippen MR) is 277 cm³/mol. The number of amides is 3. The number of ether oxygens (including phenoxy) is 2. The van der Waals surface area contributed by atoms with Crippen molar-refractivity contribution in [2.24, 2.45) is 11.8 Å². The Morgan fingerprint density at radius 1 is 0.696 bits per heavy atom. The molecule has 69 heavy (non-hydrogen) atoms. The van der Waals surface area contributed by atoms with Gasteiger partial charge in [-0.2, -0.15) is 0 Å². The average Bonchev–Trinajstić information content (AvgIpc) is 4.28. The fourth-order valence-electron chi connectivity index (χ4n) is 8.80. The Morgan fingerprint density at radius 3 is 1.43 bits per heavy atom. The Kier molecular flexibility index (Phi) is 22.0. The van der Waals surface area contributed by atoms with E-state index in [4.69, 9.17) is 21.1 Å². The van der Waals surface area contributed by atoms with Crippen LogP contribution in [0.4, 0.5) is 9.59 Å². The van der Waals surface area contributed by atoms with Crippen LogP contribution in [0.25, 0.3) is 22.5 Å². The molecule has 4 aliphatic rings. The van der Waals surface area contributed by atoms with Gasteiger partial charge in [0.25, 0.3) is 0 Å². The first-order chi connectivity index (χ1) is 32.5. The largest absolute Gasteiger partial charge is 0.496 e. The number of hydrogen-bond acceptors (Lipinski definition) is 10. The molecule has 4 fully saturated rings. The van der Waals surface area contributed by atoms with Crippen LogP contribution in [0.15, 0.2) is 61.4 Å². The quantitative estimate of drug-likeness (QED) is 0.144. The van der Waals surface area contributed by atoms with Crippen molar-refractivity contribution in [2.75, 3.05) is 61.0 Å². The van der Waals surface area contributed by atoms with Crippen LogP contribution >= 0.6 is 24.0 Å². The first-order valence-electron chi connectivity index (χ1n) is 24.3. The van der Waals surface area contributed by atoms with E-state index in [1.807, 2.05) is 74.1 Å². The van der Waals surface area contributed by atoms with Crippen LogP contribution in [-0.4, -0.2) is 147 Å². The van der Waals surface area contributed by atoms with Crippen molar-refractivity contribution in [3.8, 4) is 34.0 Å². The van der Waals surface area contributed by atoms with Crippen LogP contribution in [0.3, 0.4) is 0 Å². The molecule has 0 bridgehead atoms. The molecule has 2 saturated heterocycles. The number of carbonyl (C=O) groups is 4. The van der Waals surface area contributed by atoms with Crippen LogP contribution in [0.2, 0.25) is 0 Å². The molecule has 2 saturated carbocycles. The lowest BCUT2D eigenvalue weighted by Gasteiger charge is -2.36. The highest BCUT2D eigenvalue weighted by atomic mass is 35.5. The normalized spacial score (nSPS) is 16.0. The van der Waals surface area contributed by atoms with Crippen molar-refractivity contribution >= 4 is 47.2 Å². The molecule has 8 rings (SSSR count). The Balaban J connectivity index is 0.000000231. The van der Waals surface area contributed by atoms with Gasteiger partial charge in [-0.1, -0.05) is 6.92 Å². The zero-order valence-electron chi connectivity index (χ0n) is 42.7. The lowest BCUT2D eigenvalue weighted by molar-refractivity contribution is -0.133. The first-order valence-corrected chi connectivity index (χ1v) is 24.7. The van der Waals surface area contributed by atoms with Crippen LogP contribution in [0.5, 0.6) is 11.5 Å². The summed E-state index contributed by atoms with van der Waals surface area (Å²) in [5.41, 5.74) is 5.53. The molecule has 2 aliphatic carbocycles. The number of hydrogen-bond donors (Lipinski definition) is 1. The van der Waals surface area contributed by atoms with E-state index >= 15 is 0 Å². The van der Waals surface area contributed by atoms with Crippen LogP contribution < -0.4 is 14.8 Å². The van der Waals surface area contributed by atoms with Crippen molar-refractivity contribution < 1.29 is 28.7 Å². The summed E-state index contributed by atoms with van der Waals surface area (Å²) in [6, 6.07) is 13.4. The third-order valence-electron chi connectivity index (χ3n) is 13.3. The van der Waals surface area contributed by atoms with E-state index in [1.54, 1.807) is 48.7 Å². The van der Waals surface area contributed by atoms with Gasteiger partial charge in [0.2, 0.25) is 11.1 Å². The van der Waals surface area contributed by atoms with Gasteiger partial charge in [-0.25, -0.2) is 19.6 Å². The van der Waals surface area contributed by atoms with Crippen molar-refractivity contribution in [1.29, 1.82) is 0 Å². The molecular weight excluding hydrogens is 918 g/mol. The third kappa shape index (κ3) is 16.0. The summed E-state index contributed by atoms with van der Waals surface area (Å²) in [5.74, 6) is 2.46. The number of imidazole rings is 2. The number of methoxy groups -OCH3 is 2. The third-order valence-corrected chi connectivity index (χ3v) is 13.6. The second kappa shape index (κ2) is 26.9. The van der Waals surface area contributed by atoms with Crippen molar-refractivity contribution in [3.63, 3.8) is 0 Å². The number of halogens is 2. The lowest BCUT2D eigenvalue weighted by atomic mass is 10.0. The second-order valence-corrected chi connectivity index (χ2v) is 19.3. The van der Waals surface area contributed by atoms with Crippen molar-refractivity contribution in [3.05, 3.63) is 72.6 Å². The Hall–Kier alpha value is -4.96. The van der Waals surface area contributed by atoms with Gasteiger partial charge in [-0.15, -0.1) is 12.4 Å². The summed E-state index contributed by atoms with van der Waals surface area (Å²) < 4.78 is 13.7. The van der Waals surface area contributed by atoms with Gasteiger partial charge in [0.1, 0.15) is 24.2 Å². The topological polar surface area (TPSA) is 147 Å². The van der Waals surface area contributed by atoms with E-state index in [0.717, 1.165) is 129 Å². The molecule has 2 aliphatic heterocycles. The minimum Gasteiger partial charge on any atom is -0.496 e. The van der Waals surface area contributed by atoms with Crippen LogP contribution in [0.1, 0.15) is 97.1 Å². The molecule has 2 aromatic carbocycles. The smallest absolute Gasteiger partial charge is 0.329 e. The maximum Gasteiger partial charge on any atom is 0.329 e. The minimum absolute atomic E-state index is 0. The predicted octanol–water partition coefficient (Wildman–Crippen LogP) is 9.40. The summed E-state index contributed by atoms with van der Waals surface area (Å²) in [7, 11) is 7.02. The average molecular weight is 995 g/mol. The highest BCUT2D eigenvalue weighted by Crippen LogP contribution is 2.33. The SMILES string of the molecule is CCN(C(C)C)C(C)C.COc1ccc(-c2cn(C(=O)N(C)C3CCN(C(=O)C4CC4)CC3)cn2)cc1C.COc1ccc(-c2cn(C(=O)N(C)C3CCNCC3)cn2)cc1C.Cl.O=C(Cl)C1CC1. The fourth-order valence-corrected chi connectivity index (χ4v) is 9.02.